The quantitative estimate of drug-likeness (QED) is 0.179. The van der Waals surface area contributed by atoms with Crippen molar-refractivity contribution in [3.63, 3.8) is 0 Å². The second kappa shape index (κ2) is 10.9. The smallest absolute Gasteiger partial charge is 0.0622 e. The van der Waals surface area contributed by atoms with E-state index in [2.05, 4.69) is 0 Å². The molecule has 0 aliphatic carbocycles. The van der Waals surface area contributed by atoms with E-state index in [4.69, 9.17) is 5.48 Å². The minimum absolute atomic E-state index is 0.197. The Morgan fingerprint density at radius 3 is 0.891 bits per heavy atom. The Morgan fingerprint density at radius 2 is 0.543 bits per heavy atom. The zero-order valence-corrected chi connectivity index (χ0v) is 24.7. The Hall–Kier alpha value is -5.98. The Bertz CT molecular complexity index is 2730. The van der Waals surface area contributed by atoms with Crippen LogP contribution in [-0.4, -0.2) is 0 Å². The molecule has 0 fully saturated rings. The standard InChI is InChI=1S/C46H30/c1-3-15-31(16-4-1)33-27-29-43(37-21-9-7-19-35(33)37)45-39-23-11-13-25-41(39)46(42-26-14-12-24-40(42)45)44-30-28-34(32-17-5-2-6-18-32)36-20-8-10-22-38(36)44/h1-30H/i11D,12D,13D,14D,23D,24D,25D,26D. The van der Waals surface area contributed by atoms with Crippen LogP contribution in [0.5, 0.6) is 0 Å². The molecule has 0 radical (unpaired) electrons. The third-order valence-corrected chi connectivity index (χ3v) is 8.93. The molecular weight excluding hydrogens is 553 g/mol. The maximum atomic E-state index is 9.48. The second-order valence-corrected chi connectivity index (χ2v) is 11.4. The third-order valence-electron chi connectivity index (χ3n) is 8.93. The van der Waals surface area contributed by atoms with Crippen molar-refractivity contribution in [2.24, 2.45) is 0 Å². The molecule has 0 aliphatic heterocycles. The van der Waals surface area contributed by atoms with Gasteiger partial charge in [0.05, 0.1) is 11.0 Å². The van der Waals surface area contributed by atoms with Crippen LogP contribution in [0.25, 0.3) is 87.6 Å². The first-order valence-electron chi connectivity index (χ1n) is 19.3. The fourth-order valence-electron chi connectivity index (χ4n) is 6.94. The number of hydrogen-bond acceptors (Lipinski definition) is 0. The molecule has 0 nitrogen and oxygen atoms in total. The lowest BCUT2D eigenvalue weighted by molar-refractivity contribution is 1.64. The van der Waals surface area contributed by atoms with Crippen molar-refractivity contribution in [2.75, 3.05) is 0 Å². The molecule has 0 spiro atoms. The molecule has 0 aromatic heterocycles. The number of fused-ring (bicyclic) bond motifs is 4. The van der Waals surface area contributed by atoms with E-state index in [-0.39, 0.29) is 45.7 Å². The summed E-state index contributed by atoms with van der Waals surface area (Å²) in [6.45, 7) is 0. The van der Waals surface area contributed by atoms with Crippen molar-refractivity contribution in [1.82, 2.24) is 0 Å². The van der Waals surface area contributed by atoms with Gasteiger partial charge in [0, 0.05) is 0 Å². The van der Waals surface area contributed by atoms with Crippen LogP contribution in [0, 0.1) is 0 Å². The summed E-state index contributed by atoms with van der Waals surface area (Å²) in [5.41, 5.74) is 5.81. The lowest BCUT2D eigenvalue weighted by atomic mass is 9.82. The van der Waals surface area contributed by atoms with Crippen molar-refractivity contribution in [3.8, 4) is 44.5 Å². The first-order chi connectivity index (χ1) is 26.2. The van der Waals surface area contributed by atoms with E-state index in [1.807, 2.05) is 133 Å². The Labute approximate surface area is 280 Å². The Balaban J connectivity index is 1.53. The molecule has 0 atom stereocenters. The van der Waals surface area contributed by atoms with Gasteiger partial charge < -0.3 is 0 Å². The Morgan fingerprint density at radius 1 is 0.261 bits per heavy atom. The van der Waals surface area contributed by atoms with E-state index < -0.39 is 24.2 Å². The molecule has 214 valence electrons. The monoisotopic (exact) mass is 590 g/mol. The van der Waals surface area contributed by atoms with E-state index in [1.54, 1.807) is 0 Å². The van der Waals surface area contributed by atoms with Crippen LogP contribution in [0.1, 0.15) is 11.0 Å². The molecule has 0 saturated heterocycles. The van der Waals surface area contributed by atoms with Crippen LogP contribution < -0.4 is 0 Å². The lowest BCUT2D eigenvalue weighted by Crippen LogP contribution is -1.93. The molecule has 0 amide bonds. The van der Waals surface area contributed by atoms with Gasteiger partial charge in [-0.2, -0.15) is 0 Å². The van der Waals surface area contributed by atoms with Gasteiger partial charge in [0.1, 0.15) is 0 Å². The van der Waals surface area contributed by atoms with E-state index >= 15 is 0 Å². The third kappa shape index (κ3) is 4.15. The molecule has 0 N–H and O–H groups in total. The van der Waals surface area contributed by atoms with E-state index in [0.717, 1.165) is 43.8 Å². The first kappa shape index (κ1) is 19.4. The SMILES string of the molecule is [2H]c1c([2H])c([2H])c2c(-c3ccc(-c4ccccc4)c4ccccc34)c3c([2H])c([2H])c([2H])c([2H])c3c(-c3ccc(-c4ccccc4)c4ccccc34)c2c1[2H]. The molecule has 9 rings (SSSR count). The molecule has 9 aromatic rings. The van der Waals surface area contributed by atoms with Gasteiger partial charge in [-0.15, -0.1) is 0 Å². The molecule has 0 aliphatic rings. The van der Waals surface area contributed by atoms with Crippen LogP contribution in [0.2, 0.25) is 0 Å². The summed E-state index contributed by atoms with van der Waals surface area (Å²) < 4.78 is 73.5. The highest BCUT2D eigenvalue weighted by Gasteiger charge is 2.20. The molecule has 46 heavy (non-hydrogen) atoms. The highest BCUT2D eigenvalue weighted by Crippen LogP contribution is 2.48. The molecule has 9 aromatic carbocycles. The fourth-order valence-corrected chi connectivity index (χ4v) is 6.94. The molecule has 0 bridgehead atoms. The normalized spacial score (nSPS) is 13.9. The molecule has 0 heteroatoms. The van der Waals surface area contributed by atoms with Crippen molar-refractivity contribution in [2.45, 2.75) is 0 Å². The minimum atomic E-state index is -0.422. The number of rotatable bonds is 4. The summed E-state index contributed by atoms with van der Waals surface area (Å²) in [6, 6.07) is 40.5. The summed E-state index contributed by atoms with van der Waals surface area (Å²) >= 11 is 0. The zero-order chi connectivity index (χ0) is 37.4. The van der Waals surface area contributed by atoms with Crippen LogP contribution >= 0.6 is 0 Å². The Kier molecular flexibility index (Phi) is 4.59. The highest BCUT2D eigenvalue weighted by molar-refractivity contribution is 6.26. The summed E-state index contributed by atoms with van der Waals surface area (Å²) in [5, 5.41) is 4.15. The minimum Gasteiger partial charge on any atom is -0.0622 e. The number of benzene rings is 9. The van der Waals surface area contributed by atoms with Crippen LogP contribution in [0.3, 0.4) is 0 Å². The van der Waals surface area contributed by atoms with Gasteiger partial charge in [-0.25, -0.2) is 0 Å². The van der Waals surface area contributed by atoms with E-state index in [0.29, 0.717) is 22.3 Å². The van der Waals surface area contributed by atoms with Crippen LogP contribution in [0.4, 0.5) is 0 Å². The lowest BCUT2D eigenvalue weighted by Gasteiger charge is -2.21. The van der Waals surface area contributed by atoms with Crippen molar-refractivity contribution >= 4 is 43.1 Å². The first-order valence-corrected chi connectivity index (χ1v) is 15.3. The summed E-state index contributed by atoms with van der Waals surface area (Å²) in [7, 11) is 0. The average molecular weight is 591 g/mol. The van der Waals surface area contributed by atoms with E-state index in [9.17, 15) is 5.48 Å². The van der Waals surface area contributed by atoms with Gasteiger partial charge in [0.2, 0.25) is 0 Å². The van der Waals surface area contributed by atoms with E-state index in [1.165, 1.54) is 0 Å². The van der Waals surface area contributed by atoms with Gasteiger partial charge in [-0.1, -0.05) is 182 Å². The van der Waals surface area contributed by atoms with Gasteiger partial charge >= 0.3 is 0 Å². The van der Waals surface area contributed by atoms with Gasteiger partial charge in [0.15, 0.2) is 0 Å². The summed E-state index contributed by atoms with van der Waals surface area (Å²) in [4.78, 5) is 0. The maximum absolute atomic E-state index is 9.48. The van der Waals surface area contributed by atoms with Crippen LogP contribution in [0.15, 0.2) is 182 Å². The molecular formula is C46H30. The highest BCUT2D eigenvalue weighted by atomic mass is 14.2. The molecule has 0 unspecified atom stereocenters. The number of hydrogen-bond donors (Lipinski definition) is 0. The fraction of sp³-hybridized carbons (Fsp3) is 0. The average Bonchev–Trinajstić information content (AvgIpc) is 3.22. The largest absolute Gasteiger partial charge is 0.0629 e. The summed E-state index contributed by atoms with van der Waals surface area (Å²) in [5.74, 6) is 0. The summed E-state index contributed by atoms with van der Waals surface area (Å²) in [6.07, 6.45) is 0. The second-order valence-electron chi connectivity index (χ2n) is 11.4. The molecule has 0 saturated carbocycles. The van der Waals surface area contributed by atoms with Gasteiger partial charge in [0.25, 0.3) is 0 Å². The predicted molar refractivity (Wildman–Crippen MR) is 198 cm³/mol. The maximum Gasteiger partial charge on any atom is 0.0629 e. The van der Waals surface area contributed by atoms with Gasteiger partial charge in [-0.05, 0) is 87.6 Å². The topological polar surface area (TPSA) is 0 Å². The van der Waals surface area contributed by atoms with Gasteiger partial charge in [-0.3, -0.25) is 0 Å². The zero-order valence-electron chi connectivity index (χ0n) is 32.7. The van der Waals surface area contributed by atoms with Crippen LogP contribution in [-0.2, 0) is 0 Å². The predicted octanol–water partition coefficient (Wildman–Crippen LogP) is 13.0. The molecule has 0 heterocycles. The van der Waals surface area contributed by atoms with Crippen molar-refractivity contribution in [1.29, 1.82) is 0 Å². The van der Waals surface area contributed by atoms with Crippen molar-refractivity contribution in [3.05, 3.63) is 182 Å². The van der Waals surface area contributed by atoms with Crippen molar-refractivity contribution < 1.29 is 11.0 Å².